The van der Waals surface area contributed by atoms with Crippen LogP contribution in [0, 0.1) is 11.3 Å². The Morgan fingerprint density at radius 2 is 2.17 bits per heavy atom. The van der Waals surface area contributed by atoms with E-state index in [1.807, 2.05) is 19.1 Å². The Balaban J connectivity index is 1.68. The maximum atomic E-state index is 9.71. The number of phenols is 1. The smallest absolute Gasteiger partial charge is 0.158 e. The van der Waals surface area contributed by atoms with E-state index >= 15 is 0 Å². The Kier molecular flexibility index (Phi) is 5.30. The first kappa shape index (κ1) is 19.8. The average Bonchev–Trinajstić information content (AvgIpc) is 3.10. The second-order valence-corrected chi connectivity index (χ2v) is 9.63. The third-order valence-electron chi connectivity index (χ3n) is 6.45. The summed E-state index contributed by atoms with van der Waals surface area (Å²) in [7, 11) is 0. The molecule has 0 amide bonds. The number of nitrogens with one attached hydrogen (secondary N) is 1. The lowest BCUT2D eigenvalue weighted by atomic mass is 9.69. The summed E-state index contributed by atoms with van der Waals surface area (Å²) in [5.41, 5.74) is 6.57. The maximum absolute atomic E-state index is 9.71. The summed E-state index contributed by atoms with van der Waals surface area (Å²) in [6, 6.07) is 7.11. The van der Waals surface area contributed by atoms with Crippen molar-refractivity contribution >= 4 is 33.1 Å². The molecule has 29 heavy (non-hydrogen) atoms. The van der Waals surface area contributed by atoms with E-state index in [1.54, 1.807) is 29.8 Å². The molecule has 3 aromatic rings. The molecule has 2 N–H and O–H groups in total. The second-order valence-electron chi connectivity index (χ2n) is 8.55. The lowest BCUT2D eigenvalue weighted by Gasteiger charge is -2.36. The number of benzene rings is 1. The number of anilines is 1. The number of hydrogen-bond acceptors (Lipinski definition) is 6. The number of hydrazone groups is 1. The molecule has 1 aromatic carbocycles. The van der Waals surface area contributed by atoms with Crippen LogP contribution in [0.4, 0.5) is 5.82 Å². The first-order valence-electron chi connectivity index (χ1n) is 10.2. The van der Waals surface area contributed by atoms with Crippen molar-refractivity contribution in [3.8, 4) is 5.75 Å². The Labute approximate surface area is 175 Å². The van der Waals surface area contributed by atoms with E-state index in [1.165, 1.54) is 23.3 Å². The molecule has 0 bridgehead atoms. The van der Waals surface area contributed by atoms with Crippen molar-refractivity contribution in [2.24, 2.45) is 16.4 Å². The molecule has 0 aliphatic heterocycles. The number of aromatic nitrogens is 2. The summed E-state index contributed by atoms with van der Waals surface area (Å²) < 4.78 is 0. The van der Waals surface area contributed by atoms with Gasteiger partial charge < -0.3 is 5.11 Å². The van der Waals surface area contributed by atoms with E-state index in [9.17, 15) is 5.11 Å². The second kappa shape index (κ2) is 7.75. The minimum Gasteiger partial charge on any atom is -0.508 e. The molecular weight excluding hydrogens is 380 g/mol. The summed E-state index contributed by atoms with van der Waals surface area (Å²) in [6.45, 7) is 8.98. The molecule has 1 aliphatic rings. The lowest BCUT2D eigenvalue weighted by molar-refractivity contribution is 0.184. The van der Waals surface area contributed by atoms with Crippen LogP contribution in [-0.2, 0) is 12.8 Å². The van der Waals surface area contributed by atoms with E-state index < -0.39 is 0 Å². The SMILES string of the molecule is CCC(C)(C)C1CCc2sc3ncnc(N/N=C(\C)c4cccc(O)c4)c3c2C1. The standard InChI is InChI=1S/C23H28N4OS/c1-5-23(3,4)16-9-10-19-18(12-16)20-21(24-13-25-22(20)29-19)27-26-14(2)15-7-6-8-17(28)11-15/h6-8,11,13,16,28H,5,9-10,12H2,1-4H3,(H,24,25,27)/b26-14+. The van der Waals surface area contributed by atoms with Crippen molar-refractivity contribution in [1.82, 2.24) is 9.97 Å². The molecule has 152 valence electrons. The van der Waals surface area contributed by atoms with E-state index in [0.717, 1.165) is 40.2 Å². The minimum atomic E-state index is 0.234. The minimum absolute atomic E-state index is 0.234. The highest BCUT2D eigenvalue weighted by atomic mass is 32.1. The van der Waals surface area contributed by atoms with E-state index in [-0.39, 0.29) is 5.75 Å². The predicted molar refractivity (Wildman–Crippen MR) is 121 cm³/mol. The molecule has 0 fully saturated rings. The van der Waals surface area contributed by atoms with E-state index in [4.69, 9.17) is 0 Å². The van der Waals surface area contributed by atoms with Crippen LogP contribution in [0.5, 0.6) is 5.75 Å². The summed E-state index contributed by atoms with van der Waals surface area (Å²) in [6.07, 6.45) is 6.23. The summed E-state index contributed by atoms with van der Waals surface area (Å²) in [5.74, 6) is 1.67. The quantitative estimate of drug-likeness (QED) is 0.415. The van der Waals surface area contributed by atoms with Gasteiger partial charge in [0.1, 0.15) is 16.9 Å². The fourth-order valence-electron chi connectivity index (χ4n) is 4.08. The van der Waals surface area contributed by atoms with Crippen LogP contribution >= 0.6 is 11.3 Å². The van der Waals surface area contributed by atoms with Crippen LogP contribution < -0.4 is 5.43 Å². The maximum Gasteiger partial charge on any atom is 0.158 e. The number of aryl methyl sites for hydroxylation is 1. The van der Waals surface area contributed by atoms with Crippen molar-refractivity contribution in [3.05, 3.63) is 46.6 Å². The molecule has 4 rings (SSSR count). The third kappa shape index (κ3) is 3.86. The van der Waals surface area contributed by atoms with Gasteiger partial charge in [-0.1, -0.05) is 39.3 Å². The molecule has 1 atom stereocenters. The fourth-order valence-corrected chi connectivity index (χ4v) is 5.26. The van der Waals surface area contributed by atoms with Crippen LogP contribution in [0.15, 0.2) is 35.7 Å². The van der Waals surface area contributed by atoms with Gasteiger partial charge in [0.15, 0.2) is 5.82 Å². The zero-order valence-electron chi connectivity index (χ0n) is 17.5. The summed E-state index contributed by atoms with van der Waals surface area (Å²) >= 11 is 1.79. The van der Waals surface area contributed by atoms with E-state index in [0.29, 0.717) is 11.3 Å². The van der Waals surface area contributed by atoms with Gasteiger partial charge in [0, 0.05) is 10.4 Å². The topological polar surface area (TPSA) is 70.4 Å². The van der Waals surface area contributed by atoms with Crippen LogP contribution in [-0.4, -0.2) is 20.8 Å². The summed E-state index contributed by atoms with van der Waals surface area (Å²) in [4.78, 5) is 11.5. The van der Waals surface area contributed by atoms with Crippen LogP contribution in [0.3, 0.4) is 0 Å². The van der Waals surface area contributed by atoms with Gasteiger partial charge in [-0.2, -0.15) is 5.10 Å². The Hall–Kier alpha value is -2.47. The number of fused-ring (bicyclic) bond motifs is 3. The van der Waals surface area contributed by atoms with Gasteiger partial charge in [-0.15, -0.1) is 11.3 Å². The zero-order chi connectivity index (χ0) is 20.6. The molecular formula is C23H28N4OS. The van der Waals surface area contributed by atoms with Gasteiger partial charge in [-0.05, 0) is 55.2 Å². The number of nitrogens with zero attached hydrogens (tertiary/aromatic N) is 3. The zero-order valence-corrected chi connectivity index (χ0v) is 18.3. The normalized spacial score (nSPS) is 17.4. The Bertz CT molecular complexity index is 1070. The predicted octanol–water partition coefficient (Wildman–Crippen LogP) is 5.77. The van der Waals surface area contributed by atoms with Gasteiger partial charge in [-0.3, -0.25) is 5.43 Å². The van der Waals surface area contributed by atoms with Gasteiger partial charge in [0.25, 0.3) is 0 Å². The van der Waals surface area contributed by atoms with Gasteiger partial charge in [0.2, 0.25) is 0 Å². The number of thiophene rings is 1. The highest BCUT2D eigenvalue weighted by Gasteiger charge is 2.33. The van der Waals surface area contributed by atoms with E-state index in [2.05, 4.69) is 41.3 Å². The third-order valence-corrected chi connectivity index (χ3v) is 7.65. The Morgan fingerprint density at radius 3 is 2.93 bits per heavy atom. The van der Waals surface area contributed by atoms with Crippen molar-refractivity contribution in [2.75, 3.05) is 5.43 Å². The molecule has 0 saturated heterocycles. The highest BCUT2D eigenvalue weighted by molar-refractivity contribution is 7.19. The number of hydrogen-bond donors (Lipinski definition) is 2. The number of phenolic OH excluding ortho intramolecular Hbond substituents is 1. The van der Waals surface area contributed by atoms with Crippen molar-refractivity contribution in [2.45, 2.75) is 53.4 Å². The van der Waals surface area contributed by atoms with Crippen molar-refractivity contribution in [1.29, 1.82) is 0 Å². The molecule has 2 aromatic heterocycles. The first-order valence-corrected chi connectivity index (χ1v) is 11.1. The molecule has 1 unspecified atom stereocenters. The largest absolute Gasteiger partial charge is 0.508 e. The van der Waals surface area contributed by atoms with Crippen molar-refractivity contribution < 1.29 is 5.11 Å². The molecule has 0 spiro atoms. The first-order chi connectivity index (χ1) is 13.9. The van der Waals surface area contributed by atoms with Crippen LogP contribution in [0.25, 0.3) is 10.2 Å². The lowest BCUT2D eigenvalue weighted by Crippen LogP contribution is -2.28. The molecule has 5 nitrogen and oxygen atoms in total. The fraction of sp³-hybridized carbons (Fsp3) is 0.435. The van der Waals surface area contributed by atoms with Gasteiger partial charge in [-0.25, -0.2) is 9.97 Å². The number of aromatic hydroxyl groups is 1. The van der Waals surface area contributed by atoms with Crippen molar-refractivity contribution in [3.63, 3.8) is 0 Å². The number of rotatable bonds is 5. The van der Waals surface area contributed by atoms with Gasteiger partial charge >= 0.3 is 0 Å². The van der Waals surface area contributed by atoms with Crippen LogP contribution in [0.2, 0.25) is 0 Å². The molecule has 0 saturated carbocycles. The van der Waals surface area contributed by atoms with Crippen LogP contribution in [0.1, 0.15) is 56.5 Å². The molecule has 0 radical (unpaired) electrons. The molecule has 6 heteroatoms. The molecule has 2 heterocycles. The molecule has 1 aliphatic carbocycles. The Morgan fingerprint density at radius 1 is 1.34 bits per heavy atom. The average molecular weight is 409 g/mol. The monoisotopic (exact) mass is 408 g/mol. The highest BCUT2D eigenvalue weighted by Crippen LogP contribution is 2.45. The summed E-state index contributed by atoms with van der Waals surface area (Å²) in [5, 5.41) is 15.4. The van der Waals surface area contributed by atoms with Gasteiger partial charge in [0.05, 0.1) is 11.1 Å².